The Morgan fingerprint density at radius 2 is 1.38 bits per heavy atom. The number of amides is 1. The number of methoxy groups -OCH3 is 3. The van der Waals surface area contributed by atoms with Crippen molar-refractivity contribution in [2.45, 2.75) is 4.90 Å². The molecule has 0 radical (unpaired) electrons. The first-order valence-electron chi connectivity index (χ1n) is 11.9. The first-order chi connectivity index (χ1) is 18.8. The average molecular weight is 549 g/mol. The summed E-state index contributed by atoms with van der Waals surface area (Å²) in [5.41, 5.74) is 0.666. The lowest BCUT2D eigenvalue weighted by Crippen LogP contribution is -2.38. The second-order valence-electron chi connectivity index (χ2n) is 8.19. The zero-order chi connectivity index (χ0) is 27.8. The topological polar surface area (TPSA) is 103 Å². The Morgan fingerprint density at radius 3 is 2.05 bits per heavy atom. The van der Waals surface area contributed by atoms with Gasteiger partial charge in [-0.2, -0.15) is 0 Å². The van der Waals surface area contributed by atoms with Crippen LogP contribution in [0.2, 0.25) is 0 Å². The van der Waals surface area contributed by atoms with Crippen molar-refractivity contribution in [3.05, 3.63) is 97.1 Å². The zero-order valence-electron chi connectivity index (χ0n) is 21.7. The molecule has 0 fully saturated rings. The van der Waals surface area contributed by atoms with Crippen LogP contribution in [0, 0.1) is 0 Å². The van der Waals surface area contributed by atoms with Crippen LogP contribution in [0.25, 0.3) is 0 Å². The quantitative estimate of drug-likeness (QED) is 0.270. The van der Waals surface area contributed by atoms with E-state index in [2.05, 4.69) is 5.32 Å². The third kappa shape index (κ3) is 6.42. The number of carbonyl (C=O) groups is 1. The lowest BCUT2D eigenvalue weighted by atomic mass is 10.2. The summed E-state index contributed by atoms with van der Waals surface area (Å²) in [4.78, 5) is 13.2. The van der Waals surface area contributed by atoms with E-state index < -0.39 is 22.5 Å². The number of carbonyl (C=O) groups excluding carboxylic acids is 1. The number of rotatable bonds is 11. The van der Waals surface area contributed by atoms with Gasteiger partial charge in [-0.3, -0.25) is 9.10 Å². The molecule has 0 atom stereocenters. The van der Waals surface area contributed by atoms with Gasteiger partial charge in [-0.05, 0) is 60.7 Å². The van der Waals surface area contributed by atoms with E-state index >= 15 is 0 Å². The maximum atomic E-state index is 13.8. The molecule has 4 aromatic rings. The number of nitrogens with one attached hydrogen (secondary N) is 1. The minimum Gasteiger partial charge on any atom is -0.497 e. The Kier molecular flexibility index (Phi) is 8.57. The molecular formula is C29H28N2O7S. The predicted molar refractivity (Wildman–Crippen MR) is 149 cm³/mol. The number of nitrogens with zero attached hydrogens (tertiary/aromatic N) is 1. The summed E-state index contributed by atoms with van der Waals surface area (Å²) in [6.45, 7) is -0.511. The number of ether oxygens (including phenoxy) is 4. The minimum absolute atomic E-state index is 0.0726. The standard InChI is InChI=1S/C29H28N2O7S/c1-35-22-15-13-21(14-16-22)31(39(33,34)24-17-18-27(36-2)28(19-24)37-3)20-29(32)30-25-11-7-8-12-26(25)38-23-9-5-4-6-10-23/h4-19H,20H2,1-3H3,(H,30,32). The molecule has 0 bridgehead atoms. The van der Waals surface area contributed by atoms with Crippen LogP contribution in [0.15, 0.2) is 102 Å². The Labute approximate surface area is 227 Å². The largest absolute Gasteiger partial charge is 0.497 e. The number of hydrogen-bond acceptors (Lipinski definition) is 7. The van der Waals surface area contributed by atoms with E-state index in [1.807, 2.05) is 18.2 Å². The van der Waals surface area contributed by atoms with Gasteiger partial charge in [-0.1, -0.05) is 30.3 Å². The van der Waals surface area contributed by atoms with Crippen molar-refractivity contribution in [2.75, 3.05) is 37.5 Å². The third-order valence-corrected chi connectivity index (χ3v) is 7.49. The predicted octanol–water partition coefficient (Wildman–Crippen LogP) is 5.34. The van der Waals surface area contributed by atoms with Crippen molar-refractivity contribution < 1.29 is 32.2 Å². The van der Waals surface area contributed by atoms with Gasteiger partial charge in [0.1, 0.15) is 18.0 Å². The van der Waals surface area contributed by atoms with Gasteiger partial charge in [0, 0.05) is 6.07 Å². The van der Waals surface area contributed by atoms with Crippen molar-refractivity contribution in [3.63, 3.8) is 0 Å². The maximum absolute atomic E-state index is 13.8. The van der Waals surface area contributed by atoms with Crippen LogP contribution in [0.5, 0.6) is 28.7 Å². The highest BCUT2D eigenvalue weighted by Crippen LogP contribution is 2.33. The zero-order valence-corrected chi connectivity index (χ0v) is 22.5. The highest BCUT2D eigenvalue weighted by molar-refractivity contribution is 7.92. The second-order valence-corrected chi connectivity index (χ2v) is 10.0. The number of sulfonamides is 1. The average Bonchev–Trinajstić information content (AvgIpc) is 2.97. The second kappa shape index (κ2) is 12.2. The van der Waals surface area contributed by atoms with Gasteiger partial charge in [0.25, 0.3) is 10.0 Å². The number of para-hydroxylation sites is 3. The van der Waals surface area contributed by atoms with Crippen LogP contribution in [0.4, 0.5) is 11.4 Å². The molecule has 4 rings (SSSR count). The van der Waals surface area contributed by atoms with Crippen molar-refractivity contribution in [1.82, 2.24) is 0 Å². The van der Waals surface area contributed by atoms with E-state index in [1.165, 1.54) is 39.5 Å². The van der Waals surface area contributed by atoms with E-state index in [1.54, 1.807) is 60.7 Å². The van der Waals surface area contributed by atoms with Crippen molar-refractivity contribution in [2.24, 2.45) is 0 Å². The lowest BCUT2D eigenvalue weighted by molar-refractivity contribution is -0.114. The fourth-order valence-corrected chi connectivity index (χ4v) is 5.20. The Bertz CT molecular complexity index is 1530. The molecule has 0 aromatic heterocycles. The Balaban J connectivity index is 1.65. The summed E-state index contributed by atoms with van der Waals surface area (Å²) in [7, 11) is 0.169. The summed E-state index contributed by atoms with van der Waals surface area (Å²) >= 11 is 0. The van der Waals surface area contributed by atoms with E-state index in [0.717, 1.165) is 4.31 Å². The molecular weight excluding hydrogens is 520 g/mol. The number of anilines is 2. The van der Waals surface area contributed by atoms with Gasteiger partial charge in [0.2, 0.25) is 5.91 Å². The number of benzene rings is 4. The minimum atomic E-state index is -4.21. The summed E-state index contributed by atoms with van der Waals surface area (Å²) in [5.74, 6) is 1.59. The van der Waals surface area contributed by atoms with Gasteiger partial charge in [0.05, 0.1) is 37.6 Å². The molecule has 9 nitrogen and oxygen atoms in total. The van der Waals surface area contributed by atoms with Gasteiger partial charge in [-0.25, -0.2) is 8.42 Å². The van der Waals surface area contributed by atoms with E-state index in [-0.39, 0.29) is 16.3 Å². The first-order valence-corrected chi connectivity index (χ1v) is 13.3. The van der Waals surface area contributed by atoms with Crippen molar-refractivity contribution >= 4 is 27.3 Å². The third-order valence-electron chi connectivity index (χ3n) is 5.72. The highest BCUT2D eigenvalue weighted by atomic mass is 32.2. The van der Waals surface area contributed by atoms with Crippen LogP contribution in [0.3, 0.4) is 0 Å². The molecule has 0 aliphatic carbocycles. The molecule has 0 saturated heterocycles. The van der Waals surface area contributed by atoms with E-state index in [0.29, 0.717) is 28.7 Å². The van der Waals surface area contributed by atoms with Gasteiger partial charge >= 0.3 is 0 Å². The van der Waals surface area contributed by atoms with E-state index in [4.69, 9.17) is 18.9 Å². The molecule has 0 unspecified atom stereocenters. The molecule has 202 valence electrons. The van der Waals surface area contributed by atoms with Crippen LogP contribution in [-0.2, 0) is 14.8 Å². The van der Waals surface area contributed by atoms with Crippen LogP contribution in [0.1, 0.15) is 0 Å². The Morgan fingerprint density at radius 1 is 0.718 bits per heavy atom. The van der Waals surface area contributed by atoms with Crippen LogP contribution < -0.4 is 28.6 Å². The van der Waals surface area contributed by atoms with Crippen molar-refractivity contribution in [1.29, 1.82) is 0 Å². The summed E-state index contributed by atoms with van der Waals surface area (Å²) in [6, 6.07) is 26.6. The molecule has 0 heterocycles. The smallest absolute Gasteiger partial charge is 0.264 e. The summed E-state index contributed by atoms with van der Waals surface area (Å²) in [5, 5.41) is 2.78. The molecule has 10 heteroatoms. The van der Waals surface area contributed by atoms with Crippen molar-refractivity contribution in [3.8, 4) is 28.7 Å². The molecule has 1 amide bonds. The van der Waals surface area contributed by atoms with Crippen LogP contribution >= 0.6 is 0 Å². The molecule has 39 heavy (non-hydrogen) atoms. The highest BCUT2D eigenvalue weighted by Gasteiger charge is 2.29. The molecule has 1 N–H and O–H groups in total. The molecule has 0 aliphatic rings. The van der Waals surface area contributed by atoms with E-state index in [9.17, 15) is 13.2 Å². The lowest BCUT2D eigenvalue weighted by Gasteiger charge is -2.25. The van der Waals surface area contributed by atoms with Crippen LogP contribution in [-0.4, -0.2) is 42.2 Å². The van der Waals surface area contributed by atoms with Gasteiger partial charge in [-0.15, -0.1) is 0 Å². The monoisotopic (exact) mass is 548 g/mol. The molecule has 4 aromatic carbocycles. The van der Waals surface area contributed by atoms with Gasteiger partial charge < -0.3 is 24.3 Å². The first kappa shape index (κ1) is 27.3. The summed E-state index contributed by atoms with van der Waals surface area (Å²) < 4.78 is 50.4. The normalized spacial score (nSPS) is 10.8. The maximum Gasteiger partial charge on any atom is 0.264 e. The fraction of sp³-hybridized carbons (Fsp3) is 0.138. The number of hydrogen-bond donors (Lipinski definition) is 1. The fourth-order valence-electron chi connectivity index (χ4n) is 3.76. The molecule has 0 spiro atoms. The Hall–Kier alpha value is -4.70. The van der Waals surface area contributed by atoms with Gasteiger partial charge in [0.15, 0.2) is 17.2 Å². The summed E-state index contributed by atoms with van der Waals surface area (Å²) in [6.07, 6.45) is 0. The molecule has 0 aliphatic heterocycles. The molecule has 0 saturated carbocycles. The SMILES string of the molecule is COc1ccc(N(CC(=O)Nc2ccccc2Oc2ccccc2)S(=O)(=O)c2ccc(OC)c(OC)c2)cc1.